The van der Waals surface area contributed by atoms with Gasteiger partial charge >= 0.3 is 0 Å². The lowest BCUT2D eigenvalue weighted by Crippen LogP contribution is -2.41. The molecule has 0 radical (unpaired) electrons. The molecule has 0 aliphatic rings. The molecule has 122 valence electrons. The normalized spacial score (nSPS) is 11.4. The second-order valence-electron chi connectivity index (χ2n) is 4.82. The number of nitrogens with one attached hydrogen (secondary N) is 2. The Balaban J connectivity index is 0.00000400. The first-order valence-corrected chi connectivity index (χ1v) is 7.94. The molecule has 1 aromatic heterocycles. The zero-order valence-electron chi connectivity index (χ0n) is 13.7. The molecular formula is C14H28IN5S. The molecule has 0 bridgehead atoms. The van der Waals surface area contributed by atoms with Crippen LogP contribution in [0.3, 0.4) is 0 Å². The van der Waals surface area contributed by atoms with Crippen molar-refractivity contribution in [1.82, 2.24) is 20.5 Å². The number of thiazole rings is 1. The molecule has 0 spiro atoms. The molecule has 1 heterocycles. The van der Waals surface area contributed by atoms with Crippen molar-refractivity contribution in [2.75, 3.05) is 40.3 Å². The zero-order chi connectivity index (χ0) is 15.0. The molecule has 5 nitrogen and oxygen atoms in total. The third kappa shape index (κ3) is 7.96. The zero-order valence-corrected chi connectivity index (χ0v) is 16.8. The van der Waals surface area contributed by atoms with E-state index in [1.165, 1.54) is 9.88 Å². The number of hydrogen-bond donors (Lipinski definition) is 2. The number of rotatable bonds is 7. The number of aromatic nitrogens is 1. The number of aliphatic imine (C=N–C) groups is 1. The maximum atomic E-state index is 4.54. The van der Waals surface area contributed by atoms with Gasteiger partial charge in [-0.2, -0.15) is 0 Å². The van der Waals surface area contributed by atoms with Gasteiger partial charge in [-0.05, 0) is 27.4 Å². The molecule has 0 saturated heterocycles. The van der Waals surface area contributed by atoms with Crippen LogP contribution in [0.15, 0.2) is 4.99 Å². The highest BCUT2D eigenvalue weighted by molar-refractivity contribution is 14.0. The van der Waals surface area contributed by atoms with E-state index in [2.05, 4.69) is 53.3 Å². The molecule has 1 aromatic rings. The number of aryl methyl sites for hydroxylation is 2. The summed E-state index contributed by atoms with van der Waals surface area (Å²) in [6.07, 6.45) is 0.939. The van der Waals surface area contributed by atoms with Gasteiger partial charge in [0.05, 0.1) is 10.7 Å². The van der Waals surface area contributed by atoms with Crippen LogP contribution in [0, 0.1) is 13.8 Å². The van der Waals surface area contributed by atoms with Gasteiger partial charge in [0.25, 0.3) is 0 Å². The number of halogens is 1. The summed E-state index contributed by atoms with van der Waals surface area (Å²) in [4.78, 5) is 12.3. The van der Waals surface area contributed by atoms with Gasteiger partial charge in [0.2, 0.25) is 0 Å². The van der Waals surface area contributed by atoms with Crippen molar-refractivity contribution in [2.45, 2.75) is 27.2 Å². The molecule has 0 aromatic carbocycles. The van der Waals surface area contributed by atoms with E-state index in [4.69, 9.17) is 0 Å². The minimum atomic E-state index is 0. The second-order valence-corrected chi connectivity index (χ2v) is 6.11. The molecular weight excluding hydrogens is 397 g/mol. The first-order chi connectivity index (χ1) is 9.56. The van der Waals surface area contributed by atoms with E-state index in [-0.39, 0.29) is 24.0 Å². The maximum absolute atomic E-state index is 4.54. The molecule has 0 atom stereocenters. The highest BCUT2D eigenvalue weighted by atomic mass is 127. The van der Waals surface area contributed by atoms with Gasteiger partial charge in [-0.3, -0.25) is 4.99 Å². The summed E-state index contributed by atoms with van der Waals surface area (Å²) >= 11 is 1.78. The molecule has 2 N–H and O–H groups in total. The van der Waals surface area contributed by atoms with Gasteiger partial charge in [0, 0.05) is 38.0 Å². The molecule has 0 unspecified atom stereocenters. The van der Waals surface area contributed by atoms with E-state index >= 15 is 0 Å². The average molecular weight is 425 g/mol. The molecule has 0 amide bonds. The highest BCUT2D eigenvalue weighted by Crippen LogP contribution is 2.16. The van der Waals surface area contributed by atoms with Crippen LogP contribution >= 0.6 is 35.3 Å². The predicted octanol–water partition coefficient (Wildman–Crippen LogP) is 2.04. The predicted molar refractivity (Wildman–Crippen MR) is 103 cm³/mol. The fraction of sp³-hybridized carbons (Fsp3) is 0.714. The highest BCUT2D eigenvalue weighted by Gasteiger charge is 2.04. The second kappa shape index (κ2) is 11.2. The number of likely N-dealkylation sites (N-methyl/N-ethyl adjacent to an activating group) is 1. The Hall–Kier alpha value is -0.410. The summed E-state index contributed by atoms with van der Waals surface area (Å²) in [5.41, 5.74) is 1.15. The lowest BCUT2D eigenvalue weighted by atomic mass is 10.4. The fourth-order valence-corrected chi connectivity index (χ4v) is 2.61. The van der Waals surface area contributed by atoms with Crippen molar-refractivity contribution in [2.24, 2.45) is 4.99 Å². The third-order valence-corrected chi connectivity index (χ3v) is 4.39. The Bertz CT molecular complexity index is 413. The van der Waals surface area contributed by atoms with E-state index in [0.717, 1.165) is 44.3 Å². The van der Waals surface area contributed by atoms with E-state index in [1.54, 1.807) is 18.4 Å². The largest absolute Gasteiger partial charge is 0.356 e. The lowest BCUT2D eigenvalue weighted by molar-refractivity contribution is 0.357. The molecule has 0 saturated carbocycles. The molecule has 1 rings (SSSR count). The Morgan fingerprint density at radius 3 is 2.48 bits per heavy atom. The summed E-state index contributed by atoms with van der Waals surface area (Å²) in [6, 6.07) is 0. The van der Waals surface area contributed by atoms with Gasteiger partial charge in [-0.25, -0.2) is 4.98 Å². The Kier molecular flexibility index (Phi) is 11.0. The number of guanidine groups is 1. The molecule has 21 heavy (non-hydrogen) atoms. The van der Waals surface area contributed by atoms with Crippen LogP contribution in [0.25, 0.3) is 0 Å². The lowest BCUT2D eigenvalue weighted by Gasteiger charge is -2.16. The van der Waals surface area contributed by atoms with E-state index < -0.39 is 0 Å². The van der Waals surface area contributed by atoms with Gasteiger partial charge in [-0.15, -0.1) is 35.3 Å². The van der Waals surface area contributed by atoms with Crippen molar-refractivity contribution < 1.29 is 0 Å². The summed E-state index contributed by atoms with van der Waals surface area (Å²) in [6.45, 7) is 10.2. The van der Waals surface area contributed by atoms with E-state index in [1.807, 2.05) is 0 Å². The third-order valence-electron chi connectivity index (χ3n) is 3.25. The monoisotopic (exact) mass is 425 g/mol. The van der Waals surface area contributed by atoms with Crippen LogP contribution < -0.4 is 10.6 Å². The van der Waals surface area contributed by atoms with Crippen LogP contribution in [0.4, 0.5) is 0 Å². The number of hydrogen-bond acceptors (Lipinski definition) is 4. The quantitative estimate of drug-likeness (QED) is 0.399. The summed E-state index contributed by atoms with van der Waals surface area (Å²) < 4.78 is 0. The average Bonchev–Trinajstić information content (AvgIpc) is 2.75. The Morgan fingerprint density at radius 2 is 1.95 bits per heavy atom. The van der Waals surface area contributed by atoms with Crippen LogP contribution in [-0.2, 0) is 6.42 Å². The standard InChI is InChI=1S/C14H27N5S.HI/c1-6-19(5)10-9-17-14(15-4)16-8-7-13-18-11(2)12(3)20-13;/h6-10H2,1-5H3,(H2,15,16,17);1H. The van der Waals surface area contributed by atoms with Crippen molar-refractivity contribution >= 4 is 41.3 Å². The summed E-state index contributed by atoms with van der Waals surface area (Å²) in [7, 11) is 3.92. The smallest absolute Gasteiger partial charge is 0.191 e. The Morgan fingerprint density at radius 1 is 1.29 bits per heavy atom. The van der Waals surface area contributed by atoms with E-state index in [0.29, 0.717) is 0 Å². The summed E-state index contributed by atoms with van der Waals surface area (Å²) in [5.74, 6) is 0.861. The van der Waals surface area contributed by atoms with Crippen LogP contribution in [0.2, 0.25) is 0 Å². The van der Waals surface area contributed by atoms with Gasteiger partial charge < -0.3 is 15.5 Å². The molecule has 7 heteroatoms. The van der Waals surface area contributed by atoms with Gasteiger partial charge in [-0.1, -0.05) is 6.92 Å². The minimum absolute atomic E-state index is 0. The number of nitrogens with zero attached hydrogens (tertiary/aromatic N) is 3. The van der Waals surface area contributed by atoms with Crippen molar-refractivity contribution in [3.63, 3.8) is 0 Å². The van der Waals surface area contributed by atoms with Gasteiger partial charge in [0.15, 0.2) is 5.96 Å². The van der Waals surface area contributed by atoms with Crippen molar-refractivity contribution in [1.29, 1.82) is 0 Å². The maximum Gasteiger partial charge on any atom is 0.191 e. The van der Waals surface area contributed by atoms with Crippen LogP contribution in [0.1, 0.15) is 22.5 Å². The van der Waals surface area contributed by atoms with Gasteiger partial charge in [0.1, 0.15) is 0 Å². The van der Waals surface area contributed by atoms with Crippen molar-refractivity contribution in [3.05, 3.63) is 15.6 Å². The van der Waals surface area contributed by atoms with Crippen LogP contribution in [-0.4, -0.2) is 56.1 Å². The summed E-state index contributed by atoms with van der Waals surface area (Å²) in [5, 5.41) is 7.83. The Labute approximate surface area is 149 Å². The molecule has 0 aliphatic heterocycles. The first kappa shape index (κ1) is 20.6. The fourth-order valence-electron chi connectivity index (χ4n) is 1.68. The molecule has 0 aliphatic carbocycles. The SMILES string of the molecule is CCN(C)CCNC(=NC)NCCc1nc(C)c(C)s1.I. The first-order valence-electron chi connectivity index (χ1n) is 7.12. The minimum Gasteiger partial charge on any atom is -0.356 e. The van der Waals surface area contributed by atoms with Crippen LogP contribution in [0.5, 0.6) is 0 Å². The van der Waals surface area contributed by atoms with E-state index in [9.17, 15) is 0 Å². The topological polar surface area (TPSA) is 52.5 Å². The van der Waals surface area contributed by atoms with Crippen molar-refractivity contribution in [3.8, 4) is 0 Å². The molecule has 0 fully saturated rings.